The van der Waals surface area contributed by atoms with Crippen LogP contribution in [0.4, 0.5) is 5.69 Å². The third-order valence-electron chi connectivity index (χ3n) is 6.07. The normalized spacial score (nSPS) is 19.6. The van der Waals surface area contributed by atoms with Gasteiger partial charge in [-0.25, -0.2) is 4.98 Å². The highest BCUT2D eigenvalue weighted by Crippen LogP contribution is 2.31. The summed E-state index contributed by atoms with van der Waals surface area (Å²) < 4.78 is 0. The average molecular weight is 388 g/mol. The number of rotatable bonds is 4. The van der Waals surface area contributed by atoms with Crippen molar-refractivity contribution < 1.29 is 9.59 Å². The maximum atomic E-state index is 12.8. The molecule has 2 N–H and O–H groups in total. The number of amides is 2. The van der Waals surface area contributed by atoms with Crippen LogP contribution in [0.1, 0.15) is 42.8 Å². The molecular weight excluding hydrogens is 364 g/mol. The summed E-state index contributed by atoms with van der Waals surface area (Å²) in [6, 6.07) is 13.8. The largest absolute Gasteiger partial charge is 0.346 e. The Morgan fingerprint density at radius 3 is 2.90 bits per heavy atom. The predicted molar refractivity (Wildman–Crippen MR) is 112 cm³/mol. The number of fused-ring (bicyclic) bond motifs is 2. The summed E-state index contributed by atoms with van der Waals surface area (Å²) in [4.78, 5) is 35.0. The van der Waals surface area contributed by atoms with Gasteiger partial charge in [0.1, 0.15) is 5.82 Å². The van der Waals surface area contributed by atoms with Crippen molar-refractivity contribution in [2.75, 3.05) is 11.4 Å². The highest BCUT2D eigenvalue weighted by molar-refractivity contribution is 6.00. The summed E-state index contributed by atoms with van der Waals surface area (Å²) in [5.74, 6) is 0.288. The first-order valence-electron chi connectivity index (χ1n) is 10.3. The van der Waals surface area contributed by atoms with Crippen molar-refractivity contribution in [1.82, 2.24) is 15.3 Å². The van der Waals surface area contributed by atoms with Gasteiger partial charge in [0.05, 0.1) is 23.0 Å². The number of hydrogen-bond donors (Lipinski definition) is 2. The van der Waals surface area contributed by atoms with E-state index in [2.05, 4.69) is 27.4 Å². The number of hydrogen-bond acceptors (Lipinski definition) is 3. The Bertz CT molecular complexity index is 1070. The van der Waals surface area contributed by atoms with E-state index in [1.807, 2.05) is 37.3 Å². The summed E-state index contributed by atoms with van der Waals surface area (Å²) in [6.45, 7) is 2.33. The number of anilines is 1. The Kier molecular flexibility index (Phi) is 4.34. The topological polar surface area (TPSA) is 78.1 Å². The second kappa shape index (κ2) is 7.03. The average Bonchev–Trinajstić information content (AvgIpc) is 3.44. The van der Waals surface area contributed by atoms with Gasteiger partial charge >= 0.3 is 0 Å². The van der Waals surface area contributed by atoms with Gasteiger partial charge in [0, 0.05) is 18.7 Å². The van der Waals surface area contributed by atoms with Gasteiger partial charge in [0.25, 0.3) is 0 Å². The number of H-pyrrole nitrogens is 1. The monoisotopic (exact) mass is 388 g/mol. The fourth-order valence-corrected chi connectivity index (χ4v) is 4.44. The Morgan fingerprint density at radius 2 is 2.03 bits per heavy atom. The maximum Gasteiger partial charge on any atom is 0.227 e. The smallest absolute Gasteiger partial charge is 0.227 e. The minimum Gasteiger partial charge on any atom is -0.346 e. The highest BCUT2D eigenvalue weighted by Gasteiger charge is 2.36. The lowest BCUT2D eigenvalue weighted by Crippen LogP contribution is -2.35. The van der Waals surface area contributed by atoms with E-state index in [4.69, 9.17) is 0 Å². The zero-order chi connectivity index (χ0) is 20.0. The van der Waals surface area contributed by atoms with Gasteiger partial charge in [-0.3, -0.25) is 9.59 Å². The Hall–Kier alpha value is -3.15. The van der Waals surface area contributed by atoms with Crippen LogP contribution in [0.25, 0.3) is 11.0 Å². The van der Waals surface area contributed by atoms with Crippen LogP contribution in [0.3, 0.4) is 0 Å². The molecule has 148 valence electrons. The molecular formula is C23H24N4O2. The minimum absolute atomic E-state index is 0.0134. The van der Waals surface area contributed by atoms with Crippen LogP contribution in [0.15, 0.2) is 42.5 Å². The molecule has 1 fully saturated rings. The number of imidazole rings is 1. The molecule has 5 rings (SSSR count). The number of nitrogens with zero attached hydrogens (tertiary/aromatic N) is 2. The highest BCUT2D eigenvalue weighted by atomic mass is 16.2. The standard InChI is InChI=1S/C23H24N4O2/c1-14(22-25-19-7-2-3-8-20(19)26-22)24-23(29)17-12-21(28)27(13-17)18-10-9-15-5-4-6-16(15)11-18/h2-3,7-11,14,17H,4-6,12-13H2,1H3,(H,24,29)(H,25,26)/t14-,17-/m1/s1. The second-order valence-corrected chi connectivity index (χ2v) is 8.08. The molecule has 2 atom stereocenters. The number of nitrogens with one attached hydrogen (secondary N) is 2. The quantitative estimate of drug-likeness (QED) is 0.720. The lowest BCUT2D eigenvalue weighted by atomic mass is 10.1. The van der Waals surface area contributed by atoms with Crippen LogP contribution in [0.5, 0.6) is 0 Å². The molecule has 0 bridgehead atoms. The molecule has 6 heteroatoms. The molecule has 2 amide bonds. The maximum absolute atomic E-state index is 12.8. The first-order valence-corrected chi connectivity index (χ1v) is 10.3. The minimum atomic E-state index is -0.345. The summed E-state index contributed by atoms with van der Waals surface area (Å²) in [5, 5.41) is 3.02. The summed E-state index contributed by atoms with van der Waals surface area (Å²) in [5.41, 5.74) is 5.46. The van der Waals surface area contributed by atoms with E-state index in [-0.39, 0.29) is 30.2 Å². The zero-order valence-corrected chi connectivity index (χ0v) is 16.4. The lowest BCUT2D eigenvalue weighted by Gasteiger charge is -2.19. The number of benzene rings is 2. The van der Waals surface area contributed by atoms with Gasteiger partial charge in [-0.1, -0.05) is 18.2 Å². The van der Waals surface area contributed by atoms with Crippen LogP contribution in [0, 0.1) is 5.92 Å². The molecule has 2 aromatic carbocycles. The van der Waals surface area contributed by atoms with E-state index >= 15 is 0 Å². The van der Waals surface area contributed by atoms with Crippen molar-refractivity contribution in [2.45, 2.75) is 38.6 Å². The van der Waals surface area contributed by atoms with E-state index < -0.39 is 0 Å². The predicted octanol–water partition coefficient (Wildman–Crippen LogP) is 3.28. The number of carbonyl (C=O) groups excluding carboxylic acids is 2. The molecule has 0 radical (unpaired) electrons. The first-order chi connectivity index (χ1) is 14.1. The van der Waals surface area contributed by atoms with Gasteiger partial charge in [-0.05, 0) is 61.6 Å². The van der Waals surface area contributed by atoms with E-state index in [0.29, 0.717) is 6.54 Å². The molecule has 1 saturated heterocycles. The van der Waals surface area contributed by atoms with E-state index in [9.17, 15) is 9.59 Å². The Morgan fingerprint density at radius 1 is 1.21 bits per heavy atom. The van der Waals surface area contributed by atoms with Crippen LogP contribution in [-0.4, -0.2) is 28.3 Å². The van der Waals surface area contributed by atoms with E-state index in [0.717, 1.165) is 35.4 Å². The summed E-state index contributed by atoms with van der Waals surface area (Å²) >= 11 is 0. The molecule has 1 aliphatic carbocycles. The SMILES string of the molecule is C[C@@H](NC(=O)[C@@H]1CC(=O)N(c2ccc3c(c2)CCC3)C1)c1nc2ccccc2[nH]1. The van der Waals surface area contributed by atoms with Gasteiger partial charge in [-0.2, -0.15) is 0 Å². The van der Waals surface area contributed by atoms with E-state index in [1.54, 1.807) is 4.90 Å². The summed E-state index contributed by atoms with van der Waals surface area (Å²) in [7, 11) is 0. The number of aryl methyl sites for hydroxylation is 2. The molecule has 1 aliphatic heterocycles. The van der Waals surface area contributed by atoms with Gasteiger partial charge in [-0.15, -0.1) is 0 Å². The Labute approximate surface area is 169 Å². The van der Waals surface area contributed by atoms with Gasteiger partial charge in [0.2, 0.25) is 11.8 Å². The number of aromatic nitrogens is 2. The number of para-hydroxylation sites is 2. The van der Waals surface area contributed by atoms with E-state index in [1.165, 1.54) is 17.5 Å². The molecule has 0 saturated carbocycles. The van der Waals surface area contributed by atoms with Crippen molar-refractivity contribution in [2.24, 2.45) is 5.92 Å². The third-order valence-corrected chi connectivity index (χ3v) is 6.07. The van der Waals surface area contributed by atoms with Crippen molar-refractivity contribution >= 4 is 28.5 Å². The van der Waals surface area contributed by atoms with Crippen molar-refractivity contribution in [1.29, 1.82) is 0 Å². The van der Waals surface area contributed by atoms with Crippen LogP contribution < -0.4 is 10.2 Å². The summed E-state index contributed by atoms with van der Waals surface area (Å²) in [6.07, 6.45) is 3.62. The number of aromatic amines is 1. The molecule has 6 nitrogen and oxygen atoms in total. The van der Waals surface area contributed by atoms with Gasteiger partial charge in [0.15, 0.2) is 0 Å². The fourth-order valence-electron chi connectivity index (χ4n) is 4.44. The van der Waals surface area contributed by atoms with Crippen molar-refractivity contribution in [3.8, 4) is 0 Å². The third kappa shape index (κ3) is 3.28. The fraction of sp³-hybridized carbons (Fsp3) is 0.348. The molecule has 29 heavy (non-hydrogen) atoms. The molecule has 0 unspecified atom stereocenters. The molecule has 2 aliphatic rings. The molecule has 3 aromatic rings. The van der Waals surface area contributed by atoms with Crippen molar-refractivity contribution in [3.63, 3.8) is 0 Å². The zero-order valence-electron chi connectivity index (χ0n) is 16.4. The molecule has 0 spiro atoms. The number of carbonyl (C=O) groups is 2. The molecule has 1 aromatic heterocycles. The second-order valence-electron chi connectivity index (χ2n) is 8.08. The van der Waals surface area contributed by atoms with Crippen LogP contribution >= 0.6 is 0 Å². The van der Waals surface area contributed by atoms with Gasteiger partial charge < -0.3 is 15.2 Å². The van der Waals surface area contributed by atoms with Crippen molar-refractivity contribution in [3.05, 3.63) is 59.4 Å². The van der Waals surface area contributed by atoms with Crippen LogP contribution in [-0.2, 0) is 22.4 Å². The van der Waals surface area contributed by atoms with Crippen LogP contribution in [0.2, 0.25) is 0 Å². The Balaban J connectivity index is 1.27. The lowest BCUT2D eigenvalue weighted by molar-refractivity contribution is -0.126. The molecule has 2 heterocycles. The first kappa shape index (κ1) is 17.9.